The van der Waals surface area contributed by atoms with E-state index in [1.54, 1.807) is 12.3 Å². The van der Waals surface area contributed by atoms with Crippen LogP contribution in [-0.4, -0.2) is 40.9 Å². The molecule has 1 aliphatic heterocycles. The van der Waals surface area contributed by atoms with E-state index in [-0.39, 0.29) is 23.7 Å². The van der Waals surface area contributed by atoms with Crippen LogP contribution in [0.3, 0.4) is 0 Å². The molecule has 144 valence electrons. The molecule has 2 aromatic heterocycles. The molecule has 4 rings (SSSR count). The molecule has 27 heavy (non-hydrogen) atoms. The summed E-state index contributed by atoms with van der Waals surface area (Å²) in [5.41, 5.74) is 2.43. The van der Waals surface area contributed by atoms with Crippen molar-refractivity contribution >= 4 is 23.0 Å². The van der Waals surface area contributed by atoms with Crippen LogP contribution in [-0.2, 0) is 14.3 Å². The Morgan fingerprint density at radius 3 is 2.70 bits per heavy atom. The van der Waals surface area contributed by atoms with Crippen LogP contribution in [0, 0.1) is 5.92 Å². The molecule has 0 radical (unpaired) electrons. The number of imidazole rings is 1. The van der Waals surface area contributed by atoms with Crippen molar-refractivity contribution in [2.45, 2.75) is 45.1 Å². The van der Waals surface area contributed by atoms with Gasteiger partial charge in [0.2, 0.25) is 5.91 Å². The molecule has 7 nitrogen and oxygen atoms in total. The quantitative estimate of drug-likeness (QED) is 0.835. The Morgan fingerprint density at radius 1 is 1.19 bits per heavy atom. The Balaban J connectivity index is 1.63. The highest BCUT2D eigenvalue weighted by Gasteiger charge is 2.24. The zero-order chi connectivity index (χ0) is 18.8. The van der Waals surface area contributed by atoms with E-state index < -0.39 is 0 Å². The van der Waals surface area contributed by atoms with E-state index in [0.29, 0.717) is 36.7 Å². The molecule has 0 aromatic carbocycles. The lowest BCUT2D eigenvalue weighted by molar-refractivity contribution is -0.120. The summed E-state index contributed by atoms with van der Waals surface area (Å²) in [6.45, 7) is 3.11. The third-order valence-corrected chi connectivity index (χ3v) is 5.37. The largest absolute Gasteiger partial charge is 0.376 e. The molecule has 1 N–H and O–H groups in total. The predicted octanol–water partition coefficient (Wildman–Crippen LogP) is 3.14. The van der Waals surface area contributed by atoms with Gasteiger partial charge in [0.15, 0.2) is 5.78 Å². The fourth-order valence-electron chi connectivity index (χ4n) is 3.86. The number of pyridine rings is 1. The zero-order valence-electron chi connectivity index (χ0n) is 15.6. The van der Waals surface area contributed by atoms with Crippen molar-refractivity contribution in [1.82, 2.24) is 9.38 Å². The van der Waals surface area contributed by atoms with Crippen molar-refractivity contribution in [1.29, 1.82) is 0 Å². The summed E-state index contributed by atoms with van der Waals surface area (Å²) in [5, 5.41) is 2.98. The molecule has 0 spiro atoms. The van der Waals surface area contributed by atoms with E-state index in [4.69, 9.17) is 9.47 Å². The van der Waals surface area contributed by atoms with Crippen LogP contribution in [0.2, 0.25) is 0 Å². The van der Waals surface area contributed by atoms with E-state index in [1.807, 2.05) is 10.6 Å². The van der Waals surface area contributed by atoms with E-state index in [1.165, 1.54) is 13.3 Å². The third kappa shape index (κ3) is 3.89. The first-order chi connectivity index (χ1) is 13.1. The Morgan fingerprint density at radius 2 is 2.00 bits per heavy atom. The number of carbonyl (C=O) groups is 2. The highest BCUT2D eigenvalue weighted by Crippen LogP contribution is 2.27. The fourth-order valence-corrected chi connectivity index (χ4v) is 3.86. The molecular weight excluding hydrogens is 346 g/mol. The number of nitrogens with zero attached hydrogens (tertiary/aromatic N) is 2. The molecule has 1 saturated carbocycles. The van der Waals surface area contributed by atoms with E-state index in [9.17, 15) is 9.59 Å². The molecule has 1 aliphatic carbocycles. The minimum absolute atomic E-state index is 0.000836. The van der Waals surface area contributed by atoms with Crippen LogP contribution in [0.4, 0.5) is 5.69 Å². The summed E-state index contributed by atoms with van der Waals surface area (Å²) in [6, 6.07) is 1.73. The standard InChI is InChI=1S/C20H25N3O4/c1-13(24)15-9-19-21-17(18-12-26-7-8-27-18)11-23(19)10-16(15)22-20(25)14-5-3-2-4-6-14/h9-11,14,18H,2-8,12H2,1H3,(H,22,25). The fraction of sp³-hybridized carbons (Fsp3) is 0.550. The second-order valence-electron chi connectivity index (χ2n) is 7.35. The molecule has 7 heteroatoms. The van der Waals surface area contributed by atoms with E-state index in [0.717, 1.165) is 31.4 Å². The molecule has 1 atom stereocenters. The van der Waals surface area contributed by atoms with Gasteiger partial charge in [0, 0.05) is 23.9 Å². The van der Waals surface area contributed by atoms with Gasteiger partial charge in [-0.15, -0.1) is 0 Å². The van der Waals surface area contributed by atoms with Crippen molar-refractivity contribution in [3.05, 3.63) is 29.7 Å². The first-order valence-corrected chi connectivity index (χ1v) is 9.65. The van der Waals surface area contributed by atoms with Crippen molar-refractivity contribution in [2.24, 2.45) is 5.92 Å². The number of aromatic nitrogens is 2. The van der Waals surface area contributed by atoms with Crippen molar-refractivity contribution < 1.29 is 19.1 Å². The number of carbonyl (C=O) groups excluding carboxylic acids is 2. The molecule has 3 heterocycles. The van der Waals surface area contributed by atoms with Crippen molar-refractivity contribution in [3.63, 3.8) is 0 Å². The van der Waals surface area contributed by atoms with Crippen LogP contribution >= 0.6 is 0 Å². The number of amides is 1. The number of Topliss-reactive ketones (excluding diaryl/α,β-unsaturated/α-hetero) is 1. The van der Waals surface area contributed by atoms with Gasteiger partial charge in [-0.05, 0) is 25.8 Å². The smallest absolute Gasteiger partial charge is 0.227 e. The molecule has 1 saturated heterocycles. The maximum atomic E-state index is 12.6. The van der Waals surface area contributed by atoms with Gasteiger partial charge in [-0.2, -0.15) is 0 Å². The number of hydrogen-bond acceptors (Lipinski definition) is 5. The summed E-state index contributed by atoms with van der Waals surface area (Å²) in [6.07, 6.45) is 8.63. The summed E-state index contributed by atoms with van der Waals surface area (Å²) < 4.78 is 13.0. The molecule has 2 aliphatic rings. The van der Waals surface area contributed by atoms with Gasteiger partial charge in [0.1, 0.15) is 11.8 Å². The normalized spacial score (nSPS) is 21.3. The molecule has 0 bridgehead atoms. The monoisotopic (exact) mass is 371 g/mol. The van der Waals surface area contributed by atoms with Crippen LogP contribution in [0.5, 0.6) is 0 Å². The van der Waals surface area contributed by atoms with Gasteiger partial charge in [-0.1, -0.05) is 19.3 Å². The van der Waals surface area contributed by atoms with E-state index in [2.05, 4.69) is 10.3 Å². The summed E-state index contributed by atoms with van der Waals surface area (Å²) in [5.74, 6) is -0.0699. The molecule has 1 amide bonds. The number of hydrogen-bond donors (Lipinski definition) is 1. The van der Waals surface area contributed by atoms with Crippen LogP contribution in [0.15, 0.2) is 18.5 Å². The predicted molar refractivity (Wildman–Crippen MR) is 99.9 cm³/mol. The van der Waals surface area contributed by atoms with Gasteiger partial charge in [-0.25, -0.2) is 4.98 Å². The van der Waals surface area contributed by atoms with Crippen LogP contribution < -0.4 is 5.32 Å². The number of rotatable bonds is 4. The molecule has 1 unspecified atom stereocenters. The van der Waals surface area contributed by atoms with Crippen LogP contribution in [0.1, 0.15) is 61.2 Å². The Bertz CT molecular complexity index is 848. The zero-order valence-corrected chi connectivity index (χ0v) is 15.6. The lowest BCUT2D eigenvalue weighted by atomic mass is 9.88. The number of nitrogens with one attached hydrogen (secondary N) is 1. The average molecular weight is 371 g/mol. The van der Waals surface area contributed by atoms with Gasteiger partial charge in [-0.3, -0.25) is 9.59 Å². The SMILES string of the molecule is CC(=O)c1cc2nc(C3COCCO3)cn2cc1NC(=O)C1CCCCC1. The Hall–Kier alpha value is -2.25. The van der Waals surface area contributed by atoms with Crippen molar-refractivity contribution in [2.75, 3.05) is 25.1 Å². The average Bonchev–Trinajstić information content (AvgIpc) is 3.11. The van der Waals surface area contributed by atoms with E-state index >= 15 is 0 Å². The van der Waals surface area contributed by atoms with Gasteiger partial charge in [0.05, 0.1) is 31.2 Å². The summed E-state index contributed by atoms with van der Waals surface area (Å²) >= 11 is 0. The molecular formula is C20H25N3O4. The maximum absolute atomic E-state index is 12.6. The molecule has 2 fully saturated rings. The first kappa shape index (κ1) is 18.1. The lowest BCUT2D eigenvalue weighted by Crippen LogP contribution is -2.25. The first-order valence-electron chi connectivity index (χ1n) is 9.65. The number of ketones is 1. The third-order valence-electron chi connectivity index (χ3n) is 5.37. The van der Waals surface area contributed by atoms with Crippen molar-refractivity contribution in [3.8, 4) is 0 Å². The number of anilines is 1. The minimum atomic E-state index is -0.209. The van der Waals surface area contributed by atoms with Gasteiger partial charge in [0.25, 0.3) is 0 Å². The second-order valence-corrected chi connectivity index (χ2v) is 7.35. The summed E-state index contributed by atoms with van der Waals surface area (Å²) in [7, 11) is 0. The number of ether oxygens (including phenoxy) is 2. The number of fused-ring (bicyclic) bond motifs is 1. The second kappa shape index (κ2) is 7.78. The van der Waals surface area contributed by atoms with Gasteiger partial charge >= 0.3 is 0 Å². The Labute approximate surface area is 158 Å². The topological polar surface area (TPSA) is 81.9 Å². The lowest BCUT2D eigenvalue weighted by Gasteiger charge is -2.21. The highest BCUT2D eigenvalue weighted by atomic mass is 16.6. The van der Waals surface area contributed by atoms with Crippen LogP contribution in [0.25, 0.3) is 5.65 Å². The maximum Gasteiger partial charge on any atom is 0.227 e. The Kier molecular flexibility index (Phi) is 5.22. The van der Waals surface area contributed by atoms with Gasteiger partial charge < -0.3 is 19.2 Å². The molecule has 2 aromatic rings. The summed E-state index contributed by atoms with van der Waals surface area (Å²) in [4.78, 5) is 29.4. The minimum Gasteiger partial charge on any atom is -0.376 e. The highest BCUT2D eigenvalue weighted by molar-refractivity contribution is 6.04.